The highest BCUT2D eigenvalue weighted by Crippen LogP contribution is 2.33. The molecule has 0 spiro atoms. The molecule has 0 aliphatic carbocycles. The molecular formula is C41H37NO5. The fraction of sp³-hybridized carbons (Fsp3) is 0.171. The average Bonchev–Trinajstić information content (AvgIpc) is 3.11. The first-order chi connectivity index (χ1) is 23.0. The van der Waals surface area contributed by atoms with E-state index in [0.29, 0.717) is 29.9 Å². The number of fused-ring (bicyclic) bond motifs is 2. The Morgan fingerprint density at radius 1 is 0.638 bits per heavy atom. The zero-order valence-electron chi connectivity index (χ0n) is 26.3. The van der Waals surface area contributed by atoms with Crippen LogP contribution in [0.25, 0.3) is 21.5 Å². The van der Waals surface area contributed by atoms with Gasteiger partial charge in [0.25, 0.3) is 0 Å². The van der Waals surface area contributed by atoms with Gasteiger partial charge in [0.05, 0.1) is 7.11 Å². The molecule has 6 aromatic carbocycles. The van der Waals surface area contributed by atoms with Gasteiger partial charge < -0.3 is 19.9 Å². The Kier molecular flexibility index (Phi) is 9.78. The molecule has 2 N–H and O–H groups in total. The Bertz CT molecular complexity index is 1910. The Balaban J connectivity index is 1.29. The van der Waals surface area contributed by atoms with Gasteiger partial charge in [0.1, 0.15) is 12.6 Å². The second-order valence-corrected chi connectivity index (χ2v) is 11.7. The van der Waals surface area contributed by atoms with Crippen molar-refractivity contribution in [3.63, 3.8) is 0 Å². The Hall–Kier alpha value is -5.62. The molecule has 0 bridgehead atoms. The van der Waals surface area contributed by atoms with E-state index in [1.807, 2.05) is 84.9 Å². The minimum absolute atomic E-state index is 0.0254. The van der Waals surface area contributed by atoms with E-state index < -0.39 is 17.9 Å². The molecule has 0 radical (unpaired) electrons. The summed E-state index contributed by atoms with van der Waals surface area (Å²) in [5, 5.41) is 17.6. The lowest BCUT2D eigenvalue weighted by atomic mass is 9.87. The highest BCUT2D eigenvalue weighted by molar-refractivity contribution is 5.90. The zero-order chi connectivity index (χ0) is 32.6. The van der Waals surface area contributed by atoms with Crippen LogP contribution in [0.5, 0.6) is 11.5 Å². The van der Waals surface area contributed by atoms with Crippen molar-refractivity contribution in [2.24, 2.45) is 5.92 Å². The van der Waals surface area contributed by atoms with Crippen molar-refractivity contribution in [2.45, 2.75) is 31.9 Å². The van der Waals surface area contributed by atoms with Gasteiger partial charge >= 0.3 is 5.97 Å². The van der Waals surface area contributed by atoms with Gasteiger partial charge in [-0.3, -0.25) is 4.79 Å². The summed E-state index contributed by atoms with van der Waals surface area (Å²) in [6.07, 6.45) is 0.929. The average molecular weight is 624 g/mol. The monoisotopic (exact) mass is 623 g/mol. The van der Waals surface area contributed by atoms with Crippen LogP contribution in [-0.4, -0.2) is 30.1 Å². The number of methoxy groups -OCH3 is 1. The summed E-state index contributed by atoms with van der Waals surface area (Å²) in [5.74, 6) is -0.995. The summed E-state index contributed by atoms with van der Waals surface area (Å²) in [6, 6.07) is 42.4. The van der Waals surface area contributed by atoms with Crippen molar-refractivity contribution in [3.8, 4) is 11.5 Å². The zero-order valence-corrected chi connectivity index (χ0v) is 26.3. The van der Waals surface area contributed by atoms with E-state index in [-0.39, 0.29) is 18.9 Å². The van der Waals surface area contributed by atoms with Crippen molar-refractivity contribution in [1.29, 1.82) is 0 Å². The molecule has 1 atom stereocenters. The van der Waals surface area contributed by atoms with Gasteiger partial charge in [0.15, 0.2) is 11.5 Å². The normalized spacial score (nSPS) is 11.8. The van der Waals surface area contributed by atoms with Gasteiger partial charge in [0, 0.05) is 17.9 Å². The molecule has 6 nitrogen and oxygen atoms in total. The summed E-state index contributed by atoms with van der Waals surface area (Å²) in [7, 11) is 1.55. The third kappa shape index (κ3) is 7.45. The number of carboxylic acid groups (broad SMARTS) is 1. The Morgan fingerprint density at radius 2 is 1.17 bits per heavy atom. The number of amides is 1. The predicted octanol–water partition coefficient (Wildman–Crippen LogP) is 7.79. The van der Waals surface area contributed by atoms with Crippen molar-refractivity contribution >= 4 is 33.4 Å². The van der Waals surface area contributed by atoms with Crippen molar-refractivity contribution in [1.82, 2.24) is 5.32 Å². The molecular weight excluding hydrogens is 586 g/mol. The second-order valence-electron chi connectivity index (χ2n) is 11.7. The van der Waals surface area contributed by atoms with Crippen LogP contribution in [0.4, 0.5) is 0 Å². The number of benzene rings is 6. The van der Waals surface area contributed by atoms with E-state index in [0.717, 1.165) is 38.2 Å². The van der Waals surface area contributed by atoms with E-state index in [1.165, 1.54) is 0 Å². The van der Waals surface area contributed by atoms with Gasteiger partial charge in [0.2, 0.25) is 5.91 Å². The molecule has 6 aromatic rings. The first-order valence-electron chi connectivity index (χ1n) is 15.8. The van der Waals surface area contributed by atoms with Gasteiger partial charge in [-0.15, -0.1) is 0 Å². The molecule has 0 saturated carbocycles. The Labute approximate surface area is 274 Å². The maximum atomic E-state index is 14.2. The number of carboxylic acids is 1. The summed E-state index contributed by atoms with van der Waals surface area (Å²) in [6.45, 7) is 0.288. The van der Waals surface area contributed by atoms with Crippen LogP contribution in [-0.2, 0) is 35.5 Å². The van der Waals surface area contributed by atoms with Crippen LogP contribution in [0.2, 0.25) is 0 Å². The minimum atomic E-state index is -1.18. The minimum Gasteiger partial charge on any atom is -0.493 e. The number of carbonyl (C=O) groups is 2. The molecule has 0 heterocycles. The fourth-order valence-electron chi connectivity index (χ4n) is 6.22. The van der Waals surface area contributed by atoms with E-state index in [4.69, 9.17) is 9.47 Å². The van der Waals surface area contributed by atoms with Crippen LogP contribution in [0.3, 0.4) is 0 Å². The van der Waals surface area contributed by atoms with Crippen LogP contribution >= 0.6 is 0 Å². The molecule has 6 heteroatoms. The molecule has 1 amide bonds. The number of hydrogen-bond donors (Lipinski definition) is 2. The molecule has 0 aliphatic heterocycles. The largest absolute Gasteiger partial charge is 0.493 e. The lowest BCUT2D eigenvalue weighted by Crippen LogP contribution is -2.46. The maximum absolute atomic E-state index is 14.2. The first-order valence-corrected chi connectivity index (χ1v) is 15.8. The number of nitrogens with one attached hydrogen (secondary N) is 1. The van der Waals surface area contributed by atoms with E-state index in [2.05, 4.69) is 41.7 Å². The van der Waals surface area contributed by atoms with Crippen molar-refractivity contribution < 1.29 is 24.2 Å². The number of aliphatic carboxylic acids is 1. The summed E-state index contributed by atoms with van der Waals surface area (Å²) in [4.78, 5) is 26.9. The van der Waals surface area contributed by atoms with Crippen LogP contribution in [0.1, 0.15) is 22.3 Å². The molecule has 0 fully saturated rings. The molecule has 0 unspecified atom stereocenters. The van der Waals surface area contributed by atoms with Gasteiger partial charge in [-0.05, 0) is 57.1 Å². The van der Waals surface area contributed by atoms with E-state index in [1.54, 1.807) is 19.2 Å². The van der Waals surface area contributed by atoms with Crippen LogP contribution in [0.15, 0.2) is 133 Å². The summed E-state index contributed by atoms with van der Waals surface area (Å²) in [5.41, 5.74) is 3.68. The SMILES string of the molecule is COc1cccc(C[C@H](NC(=O)C(Cc2cccc3ccccc23)Cc2cccc3ccccc23)C(=O)O)c1OCc1ccccc1. The van der Waals surface area contributed by atoms with Crippen molar-refractivity contribution in [2.75, 3.05) is 7.11 Å². The van der Waals surface area contributed by atoms with Crippen LogP contribution < -0.4 is 14.8 Å². The number of ether oxygens (including phenoxy) is 2. The maximum Gasteiger partial charge on any atom is 0.326 e. The third-order valence-electron chi connectivity index (χ3n) is 8.61. The standard InChI is InChI=1S/C41H37NO5/c1-46-38-23-11-20-33(39(38)47-27-28-12-3-2-4-13-28)26-37(41(44)45)42-40(43)34(24-31-18-9-16-29-14-5-7-21-35(29)31)25-32-19-10-17-30-15-6-8-22-36(30)32/h2-23,34,37H,24-27H2,1H3,(H,42,43)(H,44,45)/t37-/m0/s1. The van der Waals surface area contributed by atoms with E-state index >= 15 is 0 Å². The summed E-state index contributed by atoms with van der Waals surface area (Å²) < 4.78 is 11.8. The molecule has 0 aliphatic rings. The highest BCUT2D eigenvalue weighted by Gasteiger charge is 2.28. The number of para-hydroxylation sites is 1. The fourth-order valence-corrected chi connectivity index (χ4v) is 6.22. The molecule has 0 aromatic heterocycles. The smallest absolute Gasteiger partial charge is 0.326 e. The second kappa shape index (κ2) is 14.6. The van der Waals surface area contributed by atoms with Crippen LogP contribution in [0, 0.1) is 5.92 Å². The summed E-state index contributed by atoms with van der Waals surface area (Å²) >= 11 is 0. The van der Waals surface area contributed by atoms with Gasteiger partial charge in [-0.1, -0.05) is 127 Å². The molecule has 6 rings (SSSR count). The quantitative estimate of drug-likeness (QED) is 0.137. The lowest BCUT2D eigenvalue weighted by Gasteiger charge is -2.23. The molecule has 47 heavy (non-hydrogen) atoms. The number of carbonyl (C=O) groups excluding carboxylic acids is 1. The number of rotatable bonds is 13. The predicted molar refractivity (Wildman–Crippen MR) is 186 cm³/mol. The highest BCUT2D eigenvalue weighted by atomic mass is 16.5. The van der Waals surface area contributed by atoms with Gasteiger partial charge in [-0.2, -0.15) is 0 Å². The third-order valence-corrected chi connectivity index (χ3v) is 8.61. The van der Waals surface area contributed by atoms with Crippen molar-refractivity contribution in [3.05, 3.63) is 156 Å². The topological polar surface area (TPSA) is 84.9 Å². The van der Waals surface area contributed by atoms with Gasteiger partial charge in [-0.25, -0.2) is 4.79 Å². The molecule has 0 saturated heterocycles. The molecule has 236 valence electrons. The van der Waals surface area contributed by atoms with E-state index in [9.17, 15) is 14.7 Å². The number of hydrogen-bond acceptors (Lipinski definition) is 4. The first kappa shape index (κ1) is 31.4. The lowest BCUT2D eigenvalue weighted by molar-refractivity contribution is -0.142. The Morgan fingerprint density at radius 3 is 1.77 bits per heavy atom.